The Morgan fingerprint density at radius 3 is 2.32 bits per heavy atom. The number of fused-ring (bicyclic) bond motifs is 2. The van der Waals surface area contributed by atoms with Crippen molar-refractivity contribution in [2.75, 3.05) is 62.4 Å². The highest BCUT2D eigenvalue weighted by atomic mass is 32.2. The van der Waals surface area contributed by atoms with E-state index in [2.05, 4.69) is 87.7 Å². The van der Waals surface area contributed by atoms with Crippen LogP contribution in [0, 0.1) is 0 Å². The third-order valence-corrected chi connectivity index (χ3v) is 8.60. The fourth-order valence-corrected chi connectivity index (χ4v) is 6.31. The van der Waals surface area contributed by atoms with Gasteiger partial charge in [-0.1, -0.05) is 23.9 Å². The predicted molar refractivity (Wildman–Crippen MR) is 147 cm³/mol. The van der Waals surface area contributed by atoms with Crippen molar-refractivity contribution in [1.29, 1.82) is 0 Å². The molecule has 0 aromatic heterocycles. The molecular formula is C28H33N3OS2. The average molecular weight is 492 g/mol. The Morgan fingerprint density at radius 2 is 1.56 bits per heavy atom. The summed E-state index contributed by atoms with van der Waals surface area (Å²) in [5.41, 5.74) is 4.01. The SMILES string of the molecule is COc1ccc(N2CCN(CCCCN3c4ccccc4Sc4ccc(SC)cc43)CC2)cc1. The van der Waals surface area contributed by atoms with Gasteiger partial charge >= 0.3 is 0 Å². The Kier molecular flexibility index (Phi) is 7.57. The van der Waals surface area contributed by atoms with Gasteiger partial charge in [0.15, 0.2) is 0 Å². The second-order valence-electron chi connectivity index (χ2n) is 8.79. The summed E-state index contributed by atoms with van der Waals surface area (Å²) in [5, 5.41) is 0. The molecule has 1 saturated heterocycles. The Balaban J connectivity index is 1.15. The Morgan fingerprint density at radius 1 is 0.824 bits per heavy atom. The summed E-state index contributed by atoms with van der Waals surface area (Å²) in [6.07, 6.45) is 4.58. The molecule has 0 spiro atoms. The number of nitrogens with zero attached hydrogens (tertiary/aromatic N) is 3. The topological polar surface area (TPSA) is 19.0 Å². The molecule has 5 rings (SSSR count). The molecule has 3 aromatic rings. The van der Waals surface area contributed by atoms with Crippen LogP contribution in [0.4, 0.5) is 17.1 Å². The molecule has 1 fully saturated rings. The first-order valence-electron chi connectivity index (χ1n) is 12.1. The molecule has 0 aliphatic carbocycles. The lowest BCUT2D eigenvalue weighted by atomic mass is 10.2. The summed E-state index contributed by atoms with van der Waals surface area (Å²) >= 11 is 3.72. The number of hydrogen-bond donors (Lipinski definition) is 0. The average Bonchev–Trinajstić information content (AvgIpc) is 2.90. The standard InChI is InChI=1S/C28H33N3OS2/c1-32-23-11-9-22(10-12-23)30-19-17-29(18-20-30)15-5-6-16-31-25-7-3-4-8-27(25)34-28-14-13-24(33-2)21-26(28)31/h3-4,7-14,21H,5-6,15-20H2,1-2H3. The van der Waals surface area contributed by atoms with Crippen LogP contribution < -0.4 is 14.5 Å². The molecule has 0 bridgehead atoms. The van der Waals surface area contributed by atoms with Crippen LogP contribution in [0.1, 0.15) is 12.8 Å². The van der Waals surface area contributed by atoms with Crippen molar-refractivity contribution in [3.63, 3.8) is 0 Å². The molecule has 0 radical (unpaired) electrons. The van der Waals surface area contributed by atoms with E-state index >= 15 is 0 Å². The van der Waals surface area contributed by atoms with Crippen molar-refractivity contribution in [2.45, 2.75) is 27.5 Å². The van der Waals surface area contributed by atoms with E-state index in [1.807, 2.05) is 23.5 Å². The molecule has 34 heavy (non-hydrogen) atoms. The molecule has 2 aliphatic heterocycles. The number of ether oxygens (including phenoxy) is 1. The van der Waals surface area contributed by atoms with Gasteiger partial charge in [-0.3, -0.25) is 4.90 Å². The van der Waals surface area contributed by atoms with Crippen LogP contribution in [0.15, 0.2) is 81.4 Å². The number of thioether (sulfide) groups is 1. The Bertz CT molecular complexity index is 1100. The van der Waals surface area contributed by atoms with Crippen LogP contribution in [0.25, 0.3) is 0 Å². The summed E-state index contributed by atoms with van der Waals surface area (Å²) in [6.45, 7) is 6.69. The van der Waals surface area contributed by atoms with Crippen LogP contribution in [-0.2, 0) is 0 Å². The molecule has 3 aromatic carbocycles. The lowest BCUT2D eigenvalue weighted by molar-refractivity contribution is 0.253. The van der Waals surface area contributed by atoms with E-state index in [4.69, 9.17) is 4.74 Å². The van der Waals surface area contributed by atoms with Gasteiger partial charge in [0.1, 0.15) is 5.75 Å². The van der Waals surface area contributed by atoms with Crippen LogP contribution >= 0.6 is 23.5 Å². The van der Waals surface area contributed by atoms with Gasteiger partial charge in [0.25, 0.3) is 0 Å². The molecular weight excluding hydrogens is 458 g/mol. The fourth-order valence-electron chi connectivity index (χ4n) is 4.81. The minimum absolute atomic E-state index is 0.921. The van der Waals surface area contributed by atoms with E-state index < -0.39 is 0 Å². The van der Waals surface area contributed by atoms with Gasteiger partial charge < -0.3 is 14.5 Å². The maximum absolute atomic E-state index is 5.29. The van der Waals surface area contributed by atoms with Crippen molar-refractivity contribution >= 4 is 40.6 Å². The zero-order valence-electron chi connectivity index (χ0n) is 20.1. The zero-order valence-corrected chi connectivity index (χ0v) is 21.7. The largest absolute Gasteiger partial charge is 0.497 e. The predicted octanol–water partition coefficient (Wildman–Crippen LogP) is 6.62. The first-order valence-corrected chi connectivity index (χ1v) is 14.1. The Hall–Kier alpha value is -2.28. The van der Waals surface area contributed by atoms with Crippen molar-refractivity contribution in [2.24, 2.45) is 0 Å². The summed E-state index contributed by atoms with van der Waals surface area (Å²) in [5.74, 6) is 0.921. The molecule has 4 nitrogen and oxygen atoms in total. The minimum Gasteiger partial charge on any atom is -0.497 e. The molecule has 2 aliphatic rings. The van der Waals surface area contributed by atoms with Crippen molar-refractivity contribution in [3.05, 3.63) is 66.7 Å². The van der Waals surface area contributed by atoms with E-state index in [-0.39, 0.29) is 0 Å². The number of piperazine rings is 1. The van der Waals surface area contributed by atoms with Crippen molar-refractivity contribution < 1.29 is 4.74 Å². The normalized spacial score (nSPS) is 15.7. The van der Waals surface area contributed by atoms with Crippen LogP contribution in [0.2, 0.25) is 0 Å². The van der Waals surface area contributed by atoms with Crippen LogP contribution in [0.5, 0.6) is 5.75 Å². The van der Waals surface area contributed by atoms with Gasteiger partial charge in [-0.2, -0.15) is 0 Å². The van der Waals surface area contributed by atoms with Gasteiger partial charge in [0, 0.05) is 53.1 Å². The zero-order chi connectivity index (χ0) is 23.3. The number of anilines is 3. The van der Waals surface area contributed by atoms with Crippen molar-refractivity contribution in [3.8, 4) is 5.75 Å². The second-order valence-corrected chi connectivity index (χ2v) is 10.8. The summed E-state index contributed by atoms with van der Waals surface area (Å²) in [4.78, 5) is 11.7. The Labute approximate surface area is 212 Å². The van der Waals surface area contributed by atoms with E-state index in [1.165, 1.54) is 51.1 Å². The quantitative estimate of drug-likeness (QED) is 0.258. The monoisotopic (exact) mass is 491 g/mol. The van der Waals surface area contributed by atoms with E-state index in [9.17, 15) is 0 Å². The highest BCUT2D eigenvalue weighted by Crippen LogP contribution is 2.48. The highest BCUT2D eigenvalue weighted by Gasteiger charge is 2.23. The molecule has 0 unspecified atom stereocenters. The second kappa shape index (κ2) is 11.0. The fraction of sp³-hybridized carbons (Fsp3) is 0.357. The first-order chi connectivity index (χ1) is 16.7. The van der Waals surface area contributed by atoms with Gasteiger partial charge in [-0.05, 0) is 80.2 Å². The van der Waals surface area contributed by atoms with Gasteiger partial charge in [-0.25, -0.2) is 0 Å². The lowest BCUT2D eigenvalue weighted by Gasteiger charge is -2.36. The first kappa shape index (κ1) is 23.5. The highest BCUT2D eigenvalue weighted by molar-refractivity contribution is 8.00. The smallest absolute Gasteiger partial charge is 0.119 e. The van der Waals surface area contributed by atoms with E-state index in [0.29, 0.717) is 0 Å². The molecule has 0 amide bonds. The minimum atomic E-state index is 0.921. The third-order valence-electron chi connectivity index (χ3n) is 6.75. The number of rotatable bonds is 8. The molecule has 2 heterocycles. The number of methoxy groups -OCH3 is 1. The summed E-state index contributed by atoms with van der Waals surface area (Å²) in [6, 6.07) is 24.2. The number of para-hydroxylation sites is 1. The van der Waals surface area contributed by atoms with Gasteiger partial charge in [0.05, 0.1) is 18.5 Å². The van der Waals surface area contributed by atoms with Gasteiger partial charge in [0.2, 0.25) is 0 Å². The van der Waals surface area contributed by atoms with E-state index in [0.717, 1.165) is 38.5 Å². The maximum Gasteiger partial charge on any atom is 0.119 e. The van der Waals surface area contributed by atoms with Crippen LogP contribution in [0.3, 0.4) is 0 Å². The third kappa shape index (κ3) is 5.19. The molecule has 0 N–H and O–H groups in total. The summed E-state index contributed by atoms with van der Waals surface area (Å²) < 4.78 is 5.29. The van der Waals surface area contributed by atoms with E-state index in [1.54, 1.807) is 7.11 Å². The molecule has 178 valence electrons. The molecule has 0 atom stereocenters. The molecule has 6 heteroatoms. The number of benzene rings is 3. The summed E-state index contributed by atoms with van der Waals surface area (Å²) in [7, 11) is 1.72. The molecule has 0 saturated carbocycles. The number of unbranched alkanes of at least 4 members (excludes halogenated alkanes) is 1. The van der Waals surface area contributed by atoms with Crippen molar-refractivity contribution in [1.82, 2.24) is 4.90 Å². The number of hydrogen-bond acceptors (Lipinski definition) is 6. The van der Waals surface area contributed by atoms with Crippen LogP contribution in [-0.4, -0.2) is 57.5 Å². The maximum atomic E-state index is 5.29. The lowest BCUT2D eigenvalue weighted by Crippen LogP contribution is -2.46. The van der Waals surface area contributed by atoms with Gasteiger partial charge in [-0.15, -0.1) is 11.8 Å².